The highest BCUT2D eigenvalue weighted by molar-refractivity contribution is 6.31. The maximum absolute atomic E-state index is 6.04. The average Bonchev–Trinajstić information content (AvgIpc) is 2.21. The lowest BCUT2D eigenvalue weighted by Crippen LogP contribution is -2.17. The van der Waals surface area contributed by atoms with E-state index in [4.69, 9.17) is 26.8 Å². The van der Waals surface area contributed by atoms with E-state index in [2.05, 4.69) is 0 Å². The predicted molar refractivity (Wildman–Crippen MR) is 61.5 cm³/mol. The van der Waals surface area contributed by atoms with Crippen LogP contribution in [0.25, 0.3) is 0 Å². The van der Waals surface area contributed by atoms with Gasteiger partial charge in [-0.2, -0.15) is 0 Å². The number of halogens is 1. The van der Waals surface area contributed by atoms with Crippen LogP contribution in [0.2, 0.25) is 5.02 Å². The first kappa shape index (κ1) is 12.3. The Kier molecular flexibility index (Phi) is 4.39. The summed E-state index contributed by atoms with van der Waals surface area (Å²) in [6, 6.07) is 3.50. The van der Waals surface area contributed by atoms with Gasteiger partial charge in [0.1, 0.15) is 5.75 Å². The molecule has 0 saturated heterocycles. The third kappa shape index (κ3) is 2.84. The van der Waals surface area contributed by atoms with Gasteiger partial charge in [-0.1, -0.05) is 11.6 Å². The first-order valence-electron chi connectivity index (χ1n) is 4.68. The van der Waals surface area contributed by atoms with E-state index in [1.165, 1.54) is 0 Å². The van der Waals surface area contributed by atoms with Gasteiger partial charge in [-0.25, -0.2) is 0 Å². The van der Waals surface area contributed by atoms with Crippen LogP contribution in [0.1, 0.15) is 17.2 Å². The number of rotatable bonds is 4. The van der Waals surface area contributed by atoms with E-state index in [0.29, 0.717) is 11.6 Å². The van der Waals surface area contributed by atoms with Crippen molar-refractivity contribution in [2.45, 2.75) is 13.0 Å². The maximum Gasteiger partial charge on any atom is 0.124 e. The summed E-state index contributed by atoms with van der Waals surface area (Å²) in [6.45, 7) is 2.37. The van der Waals surface area contributed by atoms with Crippen molar-refractivity contribution in [3.05, 3.63) is 28.3 Å². The molecule has 0 aromatic heterocycles. The standard InChI is InChI=1S/C11H16ClNO2/c1-7-4-11(15-3)8(5-9(7)12)10(13)6-14-2/h4-5,10H,6,13H2,1-3H3. The molecular weight excluding hydrogens is 214 g/mol. The summed E-state index contributed by atoms with van der Waals surface area (Å²) in [5.74, 6) is 0.751. The van der Waals surface area contributed by atoms with Crippen molar-refractivity contribution in [1.29, 1.82) is 0 Å². The lowest BCUT2D eigenvalue weighted by molar-refractivity contribution is 0.179. The lowest BCUT2D eigenvalue weighted by Gasteiger charge is -2.16. The SMILES string of the molecule is COCC(N)c1cc(Cl)c(C)cc1OC. The fourth-order valence-corrected chi connectivity index (χ4v) is 1.58. The fourth-order valence-electron chi connectivity index (χ4n) is 1.41. The van der Waals surface area contributed by atoms with Crippen LogP contribution in [-0.4, -0.2) is 20.8 Å². The third-order valence-electron chi connectivity index (χ3n) is 2.26. The van der Waals surface area contributed by atoms with Gasteiger partial charge in [-0.3, -0.25) is 0 Å². The van der Waals surface area contributed by atoms with Gasteiger partial charge in [-0.05, 0) is 24.6 Å². The Morgan fingerprint density at radius 3 is 2.60 bits per heavy atom. The second kappa shape index (κ2) is 5.35. The second-order valence-electron chi connectivity index (χ2n) is 3.41. The molecule has 0 spiro atoms. The summed E-state index contributed by atoms with van der Waals surface area (Å²) >= 11 is 6.04. The van der Waals surface area contributed by atoms with Gasteiger partial charge in [-0.15, -0.1) is 0 Å². The number of benzene rings is 1. The van der Waals surface area contributed by atoms with E-state index in [-0.39, 0.29) is 6.04 Å². The molecule has 0 aliphatic carbocycles. The minimum absolute atomic E-state index is 0.219. The number of aryl methyl sites for hydroxylation is 1. The molecule has 0 heterocycles. The van der Waals surface area contributed by atoms with Crippen molar-refractivity contribution >= 4 is 11.6 Å². The van der Waals surface area contributed by atoms with Gasteiger partial charge >= 0.3 is 0 Å². The molecule has 0 radical (unpaired) electrons. The molecule has 4 heteroatoms. The van der Waals surface area contributed by atoms with Crippen LogP contribution >= 0.6 is 11.6 Å². The van der Waals surface area contributed by atoms with Gasteiger partial charge in [0.25, 0.3) is 0 Å². The van der Waals surface area contributed by atoms with E-state index in [1.54, 1.807) is 14.2 Å². The lowest BCUT2D eigenvalue weighted by atomic mass is 10.0. The van der Waals surface area contributed by atoms with Crippen molar-refractivity contribution in [2.24, 2.45) is 5.73 Å². The van der Waals surface area contributed by atoms with Crippen LogP contribution in [0.15, 0.2) is 12.1 Å². The Hall–Kier alpha value is -0.770. The number of hydrogen-bond donors (Lipinski definition) is 1. The largest absolute Gasteiger partial charge is 0.496 e. The Morgan fingerprint density at radius 1 is 1.40 bits per heavy atom. The monoisotopic (exact) mass is 229 g/mol. The third-order valence-corrected chi connectivity index (χ3v) is 2.66. The van der Waals surface area contributed by atoms with Gasteiger partial charge < -0.3 is 15.2 Å². The molecular formula is C11H16ClNO2. The zero-order valence-corrected chi connectivity index (χ0v) is 9.97. The Bertz CT molecular complexity index is 342. The molecule has 2 N–H and O–H groups in total. The van der Waals surface area contributed by atoms with Gasteiger partial charge in [0.15, 0.2) is 0 Å². The zero-order valence-electron chi connectivity index (χ0n) is 9.21. The molecule has 0 saturated carbocycles. The molecule has 3 nitrogen and oxygen atoms in total. The normalized spacial score (nSPS) is 12.6. The van der Waals surface area contributed by atoms with Crippen LogP contribution in [0, 0.1) is 6.92 Å². The summed E-state index contributed by atoms with van der Waals surface area (Å²) in [5, 5.41) is 0.692. The van der Waals surface area contributed by atoms with E-state index in [9.17, 15) is 0 Å². The minimum atomic E-state index is -0.219. The first-order chi connectivity index (χ1) is 7.10. The molecule has 15 heavy (non-hydrogen) atoms. The summed E-state index contributed by atoms with van der Waals surface area (Å²) in [5.41, 5.74) is 7.78. The van der Waals surface area contributed by atoms with Crippen LogP contribution in [0.5, 0.6) is 5.75 Å². The minimum Gasteiger partial charge on any atom is -0.496 e. The van der Waals surface area contributed by atoms with Gasteiger partial charge in [0.2, 0.25) is 0 Å². The van der Waals surface area contributed by atoms with E-state index < -0.39 is 0 Å². The number of ether oxygens (including phenoxy) is 2. The molecule has 1 aromatic carbocycles. The van der Waals surface area contributed by atoms with E-state index in [0.717, 1.165) is 16.9 Å². The highest BCUT2D eigenvalue weighted by Gasteiger charge is 2.13. The Labute approximate surface area is 95.1 Å². The Morgan fingerprint density at radius 2 is 2.07 bits per heavy atom. The number of methoxy groups -OCH3 is 2. The summed E-state index contributed by atoms with van der Waals surface area (Å²) in [7, 11) is 3.23. The second-order valence-corrected chi connectivity index (χ2v) is 3.81. The molecule has 0 amide bonds. The van der Waals surface area contributed by atoms with Crippen molar-refractivity contribution < 1.29 is 9.47 Å². The quantitative estimate of drug-likeness (QED) is 0.862. The predicted octanol–water partition coefficient (Wildman–Crippen LogP) is 2.30. The fraction of sp³-hybridized carbons (Fsp3) is 0.455. The molecule has 0 aliphatic rings. The Balaban J connectivity index is 3.09. The van der Waals surface area contributed by atoms with E-state index in [1.807, 2.05) is 19.1 Å². The van der Waals surface area contributed by atoms with Crippen LogP contribution in [-0.2, 0) is 4.74 Å². The van der Waals surface area contributed by atoms with Crippen LogP contribution in [0.4, 0.5) is 0 Å². The molecule has 0 bridgehead atoms. The molecule has 1 atom stereocenters. The van der Waals surface area contributed by atoms with Crippen molar-refractivity contribution in [3.63, 3.8) is 0 Å². The highest BCUT2D eigenvalue weighted by Crippen LogP contribution is 2.30. The summed E-state index contributed by atoms with van der Waals surface area (Å²) in [4.78, 5) is 0. The molecule has 1 aromatic rings. The topological polar surface area (TPSA) is 44.5 Å². The van der Waals surface area contributed by atoms with Gasteiger partial charge in [0.05, 0.1) is 19.8 Å². The average molecular weight is 230 g/mol. The molecule has 0 aliphatic heterocycles. The molecule has 0 fully saturated rings. The maximum atomic E-state index is 6.04. The molecule has 84 valence electrons. The number of hydrogen-bond acceptors (Lipinski definition) is 3. The summed E-state index contributed by atoms with van der Waals surface area (Å²) in [6.07, 6.45) is 0. The molecule has 1 rings (SSSR count). The zero-order chi connectivity index (χ0) is 11.4. The van der Waals surface area contributed by atoms with Crippen molar-refractivity contribution in [1.82, 2.24) is 0 Å². The molecule has 1 unspecified atom stereocenters. The first-order valence-corrected chi connectivity index (χ1v) is 5.06. The van der Waals surface area contributed by atoms with Gasteiger partial charge in [0, 0.05) is 17.7 Å². The van der Waals surface area contributed by atoms with Crippen molar-refractivity contribution in [2.75, 3.05) is 20.8 Å². The highest BCUT2D eigenvalue weighted by atomic mass is 35.5. The number of nitrogens with two attached hydrogens (primary N) is 1. The van der Waals surface area contributed by atoms with Crippen LogP contribution in [0.3, 0.4) is 0 Å². The smallest absolute Gasteiger partial charge is 0.124 e. The van der Waals surface area contributed by atoms with Crippen molar-refractivity contribution in [3.8, 4) is 5.75 Å². The van der Waals surface area contributed by atoms with Crippen LogP contribution < -0.4 is 10.5 Å². The van der Waals surface area contributed by atoms with E-state index >= 15 is 0 Å². The summed E-state index contributed by atoms with van der Waals surface area (Å²) < 4.78 is 10.3.